The summed E-state index contributed by atoms with van der Waals surface area (Å²) in [5, 5.41) is 8.59. The molecule has 0 radical (unpaired) electrons. The molecule has 0 unspecified atom stereocenters. The third kappa shape index (κ3) is 1.64. The van der Waals surface area contributed by atoms with Gasteiger partial charge in [0.15, 0.2) is 0 Å². The van der Waals surface area contributed by atoms with E-state index in [1.165, 1.54) is 0 Å². The van der Waals surface area contributed by atoms with Crippen LogP contribution in [0.25, 0.3) is 0 Å². The predicted octanol–water partition coefficient (Wildman–Crippen LogP) is -0.515. The number of hydrogen-bond donors (Lipinski definition) is 2. The standard InChI is InChI=1S/C6H13NO2/c7-5(4-8)6-2-1-3-9-6/h5-6,8H,1-4,7H2/t5-,6-/m0/s1. The third-order valence-corrected chi connectivity index (χ3v) is 1.65. The second-order valence-electron chi connectivity index (χ2n) is 2.40. The first-order chi connectivity index (χ1) is 4.34. The molecule has 0 spiro atoms. The lowest BCUT2D eigenvalue weighted by Crippen LogP contribution is -2.37. The van der Waals surface area contributed by atoms with Crippen molar-refractivity contribution in [2.45, 2.75) is 25.0 Å². The molecule has 1 saturated heterocycles. The maximum absolute atomic E-state index is 8.59. The van der Waals surface area contributed by atoms with Crippen LogP contribution < -0.4 is 5.73 Å². The fourth-order valence-electron chi connectivity index (χ4n) is 1.06. The van der Waals surface area contributed by atoms with Crippen LogP contribution in [0.2, 0.25) is 0 Å². The smallest absolute Gasteiger partial charge is 0.0749 e. The highest BCUT2D eigenvalue weighted by atomic mass is 16.5. The van der Waals surface area contributed by atoms with Crippen LogP contribution >= 0.6 is 0 Å². The summed E-state index contributed by atoms with van der Waals surface area (Å²) in [5.41, 5.74) is 5.50. The molecule has 1 rings (SSSR count). The van der Waals surface area contributed by atoms with Crippen LogP contribution in [0.1, 0.15) is 12.8 Å². The van der Waals surface area contributed by atoms with Crippen molar-refractivity contribution >= 4 is 0 Å². The second kappa shape index (κ2) is 3.15. The molecule has 0 aromatic rings. The Morgan fingerprint density at radius 2 is 2.56 bits per heavy atom. The molecule has 1 aliphatic rings. The Hall–Kier alpha value is -0.120. The number of ether oxygens (including phenoxy) is 1. The number of aliphatic hydroxyl groups excluding tert-OH is 1. The van der Waals surface area contributed by atoms with Gasteiger partial charge >= 0.3 is 0 Å². The number of nitrogens with two attached hydrogens (primary N) is 1. The molecule has 3 N–H and O–H groups in total. The molecule has 0 aliphatic carbocycles. The fraction of sp³-hybridized carbons (Fsp3) is 1.00. The molecule has 0 saturated carbocycles. The summed E-state index contributed by atoms with van der Waals surface area (Å²) < 4.78 is 5.22. The molecule has 2 atom stereocenters. The van der Waals surface area contributed by atoms with Gasteiger partial charge in [-0.2, -0.15) is 0 Å². The zero-order chi connectivity index (χ0) is 6.69. The van der Waals surface area contributed by atoms with Crippen LogP contribution in [0.3, 0.4) is 0 Å². The molecule has 3 nitrogen and oxygen atoms in total. The van der Waals surface area contributed by atoms with E-state index in [0.29, 0.717) is 0 Å². The Balaban J connectivity index is 2.24. The minimum atomic E-state index is -0.174. The average Bonchev–Trinajstić information content (AvgIpc) is 2.37. The predicted molar refractivity (Wildman–Crippen MR) is 34.0 cm³/mol. The van der Waals surface area contributed by atoms with Gasteiger partial charge in [-0.25, -0.2) is 0 Å². The van der Waals surface area contributed by atoms with Crippen molar-refractivity contribution in [3.8, 4) is 0 Å². The molecule has 1 heterocycles. The average molecular weight is 131 g/mol. The van der Waals surface area contributed by atoms with Gasteiger partial charge in [-0.1, -0.05) is 0 Å². The molecule has 9 heavy (non-hydrogen) atoms. The van der Waals surface area contributed by atoms with E-state index < -0.39 is 0 Å². The highest BCUT2D eigenvalue weighted by molar-refractivity contribution is 4.75. The molecule has 1 aliphatic heterocycles. The highest BCUT2D eigenvalue weighted by Gasteiger charge is 2.21. The Bertz CT molecular complexity index is 81.1. The zero-order valence-corrected chi connectivity index (χ0v) is 5.42. The lowest BCUT2D eigenvalue weighted by atomic mass is 10.1. The Morgan fingerprint density at radius 1 is 1.78 bits per heavy atom. The van der Waals surface area contributed by atoms with Crippen LogP contribution in [-0.4, -0.2) is 30.5 Å². The summed E-state index contributed by atoms with van der Waals surface area (Å²) >= 11 is 0. The number of rotatable bonds is 2. The molecule has 0 bridgehead atoms. The highest BCUT2D eigenvalue weighted by Crippen LogP contribution is 2.13. The monoisotopic (exact) mass is 131 g/mol. The second-order valence-corrected chi connectivity index (χ2v) is 2.40. The van der Waals surface area contributed by atoms with Crippen molar-refractivity contribution < 1.29 is 9.84 Å². The maximum Gasteiger partial charge on any atom is 0.0749 e. The SMILES string of the molecule is N[C@@H](CO)[C@@H]1CCCO1. The summed E-state index contributed by atoms with van der Waals surface area (Å²) in [6, 6.07) is -0.174. The first kappa shape index (κ1) is 6.99. The van der Waals surface area contributed by atoms with Crippen LogP contribution in [0.4, 0.5) is 0 Å². The maximum atomic E-state index is 8.59. The van der Waals surface area contributed by atoms with E-state index in [2.05, 4.69) is 0 Å². The Morgan fingerprint density at radius 3 is 3.00 bits per heavy atom. The van der Waals surface area contributed by atoms with E-state index in [4.69, 9.17) is 15.6 Å². The molecule has 0 amide bonds. The van der Waals surface area contributed by atoms with Crippen molar-refractivity contribution in [2.24, 2.45) is 5.73 Å². The van der Waals surface area contributed by atoms with Gasteiger partial charge in [0, 0.05) is 6.61 Å². The van der Waals surface area contributed by atoms with E-state index >= 15 is 0 Å². The summed E-state index contributed by atoms with van der Waals surface area (Å²) in [4.78, 5) is 0. The van der Waals surface area contributed by atoms with Gasteiger partial charge in [-0.15, -0.1) is 0 Å². The van der Waals surface area contributed by atoms with E-state index in [1.54, 1.807) is 0 Å². The first-order valence-electron chi connectivity index (χ1n) is 3.32. The van der Waals surface area contributed by atoms with Gasteiger partial charge in [-0.3, -0.25) is 0 Å². The largest absolute Gasteiger partial charge is 0.395 e. The summed E-state index contributed by atoms with van der Waals surface area (Å²) in [5.74, 6) is 0. The minimum Gasteiger partial charge on any atom is -0.395 e. The van der Waals surface area contributed by atoms with E-state index in [1.807, 2.05) is 0 Å². The van der Waals surface area contributed by atoms with Gasteiger partial charge in [0.25, 0.3) is 0 Å². The summed E-state index contributed by atoms with van der Waals surface area (Å²) in [6.07, 6.45) is 2.19. The van der Waals surface area contributed by atoms with Crippen LogP contribution in [0.15, 0.2) is 0 Å². The molecule has 0 aromatic carbocycles. The Kier molecular flexibility index (Phi) is 2.45. The van der Waals surface area contributed by atoms with Crippen molar-refractivity contribution in [2.75, 3.05) is 13.2 Å². The van der Waals surface area contributed by atoms with E-state index in [0.717, 1.165) is 19.4 Å². The van der Waals surface area contributed by atoms with Crippen LogP contribution in [0, 0.1) is 0 Å². The fourth-order valence-corrected chi connectivity index (χ4v) is 1.06. The molecular formula is C6H13NO2. The lowest BCUT2D eigenvalue weighted by molar-refractivity contribution is 0.0693. The van der Waals surface area contributed by atoms with Crippen molar-refractivity contribution in [3.63, 3.8) is 0 Å². The summed E-state index contributed by atoms with van der Waals surface area (Å²) in [7, 11) is 0. The van der Waals surface area contributed by atoms with Gasteiger partial charge < -0.3 is 15.6 Å². The third-order valence-electron chi connectivity index (χ3n) is 1.65. The molecule has 1 fully saturated rings. The van der Waals surface area contributed by atoms with Gasteiger partial charge in [0.1, 0.15) is 0 Å². The van der Waals surface area contributed by atoms with E-state index in [-0.39, 0.29) is 18.8 Å². The molecule has 3 heteroatoms. The van der Waals surface area contributed by atoms with Crippen LogP contribution in [-0.2, 0) is 4.74 Å². The van der Waals surface area contributed by atoms with Crippen LogP contribution in [0.5, 0.6) is 0 Å². The van der Waals surface area contributed by atoms with Gasteiger partial charge in [0.05, 0.1) is 18.8 Å². The van der Waals surface area contributed by atoms with E-state index in [9.17, 15) is 0 Å². The normalized spacial score (nSPS) is 30.7. The molecule has 0 aromatic heterocycles. The van der Waals surface area contributed by atoms with Gasteiger partial charge in [0.2, 0.25) is 0 Å². The topological polar surface area (TPSA) is 55.5 Å². The summed E-state index contributed by atoms with van der Waals surface area (Å²) in [6.45, 7) is 0.836. The van der Waals surface area contributed by atoms with Crippen molar-refractivity contribution in [1.29, 1.82) is 0 Å². The zero-order valence-electron chi connectivity index (χ0n) is 5.42. The van der Waals surface area contributed by atoms with Crippen molar-refractivity contribution in [1.82, 2.24) is 0 Å². The van der Waals surface area contributed by atoms with Gasteiger partial charge in [-0.05, 0) is 12.8 Å². The lowest BCUT2D eigenvalue weighted by Gasteiger charge is -2.14. The quantitative estimate of drug-likeness (QED) is 0.530. The minimum absolute atomic E-state index is 0.0324. The number of hydrogen-bond acceptors (Lipinski definition) is 3. The Labute approximate surface area is 54.8 Å². The molecular weight excluding hydrogens is 118 g/mol. The van der Waals surface area contributed by atoms with Crippen molar-refractivity contribution in [3.05, 3.63) is 0 Å². The number of aliphatic hydroxyl groups is 1. The first-order valence-corrected chi connectivity index (χ1v) is 3.32. The molecule has 54 valence electrons.